The molecule has 0 aliphatic carbocycles. The summed E-state index contributed by atoms with van der Waals surface area (Å²) in [4.78, 5) is 15.3. The van der Waals surface area contributed by atoms with Crippen LogP contribution in [-0.4, -0.2) is 34.5 Å². The normalized spacial score (nSPS) is 12.8. The highest BCUT2D eigenvalue weighted by atomic mass is 16.1. The van der Waals surface area contributed by atoms with Crippen molar-refractivity contribution in [2.24, 2.45) is 5.92 Å². The molecule has 0 radical (unpaired) electrons. The molecule has 0 unspecified atom stereocenters. The summed E-state index contributed by atoms with van der Waals surface area (Å²) >= 11 is 0. The summed E-state index contributed by atoms with van der Waals surface area (Å²) in [7, 11) is 8.19. The molecule has 0 saturated carbocycles. The molecule has 3 heteroatoms. The summed E-state index contributed by atoms with van der Waals surface area (Å²) in [5.41, 5.74) is 5.66. The van der Waals surface area contributed by atoms with Gasteiger partial charge in [-0.3, -0.25) is 4.79 Å². The molecule has 0 aliphatic rings. The summed E-state index contributed by atoms with van der Waals surface area (Å²) in [6.07, 6.45) is 3.00. The lowest BCUT2D eigenvalue weighted by Gasteiger charge is -2.25. The average Bonchev–Trinajstić information content (AvgIpc) is 2.62. The van der Waals surface area contributed by atoms with Crippen LogP contribution in [0, 0.1) is 5.92 Å². The standard InChI is InChI=1S/C23H30N2O/c1-17(16-26)15-18(2)23(19-7-11-21(12-8-19)24(3)4)20-9-13-22(14-10-20)25(5)6/h7-16,18,23H,1-6H3/b17-15+/t18-/m1/s1. The topological polar surface area (TPSA) is 23.6 Å². The van der Waals surface area contributed by atoms with Gasteiger partial charge in [0.1, 0.15) is 6.29 Å². The van der Waals surface area contributed by atoms with Crippen LogP contribution in [0.1, 0.15) is 30.9 Å². The largest absolute Gasteiger partial charge is 0.378 e. The van der Waals surface area contributed by atoms with Gasteiger partial charge in [-0.2, -0.15) is 0 Å². The number of hydrogen-bond acceptors (Lipinski definition) is 3. The van der Waals surface area contributed by atoms with E-state index in [9.17, 15) is 4.79 Å². The van der Waals surface area contributed by atoms with Crippen molar-refractivity contribution in [2.45, 2.75) is 19.8 Å². The molecule has 0 heterocycles. The minimum atomic E-state index is 0.206. The van der Waals surface area contributed by atoms with Gasteiger partial charge in [0.05, 0.1) is 0 Å². The van der Waals surface area contributed by atoms with Crippen LogP contribution >= 0.6 is 0 Å². The van der Waals surface area contributed by atoms with Crippen LogP contribution in [0.5, 0.6) is 0 Å². The number of nitrogens with zero attached hydrogens (tertiary/aromatic N) is 2. The SMILES string of the molecule is C/C(C=O)=C\[C@@H](C)C(c1ccc(N(C)C)cc1)c1ccc(N(C)C)cc1. The van der Waals surface area contributed by atoms with Gasteiger partial charge in [-0.05, 0) is 53.8 Å². The fourth-order valence-electron chi connectivity index (χ4n) is 3.31. The summed E-state index contributed by atoms with van der Waals surface area (Å²) in [6, 6.07) is 17.4. The van der Waals surface area contributed by atoms with Crippen molar-refractivity contribution in [3.63, 3.8) is 0 Å². The van der Waals surface area contributed by atoms with Crippen LogP contribution in [0.25, 0.3) is 0 Å². The first-order chi connectivity index (χ1) is 12.3. The molecular formula is C23H30N2O. The molecule has 0 aromatic heterocycles. The van der Waals surface area contributed by atoms with Gasteiger partial charge in [-0.1, -0.05) is 37.3 Å². The lowest BCUT2D eigenvalue weighted by Crippen LogP contribution is -2.13. The number of anilines is 2. The first kappa shape index (κ1) is 19.8. The molecule has 0 amide bonds. The number of benzene rings is 2. The molecule has 0 fully saturated rings. The van der Waals surface area contributed by atoms with E-state index in [-0.39, 0.29) is 11.8 Å². The van der Waals surface area contributed by atoms with Gasteiger partial charge >= 0.3 is 0 Å². The fraction of sp³-hybridized carbons (Fsp3) is 0.348. The monoisotopic (exact) mass is 350 g/mol. The third kappa shape index (κ3) is 4.75. The molecule has 0 spiro atoms. The maximum Gasteiger partial charge on any atom is 0.145 e. The first-order valence-corrected chi connectivity index (χ1v) is 9.01. The molecule has 26 heavy (non-hydrogen) atoms. The second kappa shape index (κ2) is 8.70. The Balaban J connectivity index is 2.45. The van der Waals surface area contributed by atoms with Crippen LogP contribution < -0.4 is 9.80 Å². The van der Waals surface area contributed by atoms with Crippen LogP contribution in [0.3, 0.4) is 0 Å². The van der Waals surface area contributed by atoms with Gasteiger partial charge in [0.2, 0.25) is 0 Å². The molecular weight excluding hydrogens is 320 g/mol. The third-order valence-electron chi connectivity index (χ3n) is 4.77. The highest BCUT2D eigenvalue weighted by molar-refractivity contribution is 5.72. The summed E-state index contributed by atoms with van der Waals surface area (Å²) in [5.74, 6) is 0.424. The summed E-state index contributed by atoms with van der Waals surface area (Å²) < 4.78 is 0. The Kier molecular flexibility index (Phi) is 6.62. The van der Waals surface area contributed by atoms with E-state index in [1.807, 2.05) is 35.1 Å². The molecule has 2 aromatic rings. The number of aldehydes is 1. The maximum absolute atomic E-state index is 11.1. The van der Waals surface area contributed by atoms with Crippen molar-refractivity contribution in [1.82, 2.24) is 0 Å². The van der Waals surface area contributed by atoms with Gasteiger partial charge in [0.15, 0.2) is 0 Å². The Labute approximate surface area is 157 Å². The van der Waals surface area contributed by atoms with E-state index in [2.05, 4.69) is 71.3 Å². The highest BCUT2D eigenvalue weighted by Crippen LogP contribution is 2.35. The molecule has 1 atom stereocenters. The van der Waals surface area contributed by atoms with Crippen LogP contribution in [0.15, 0.2) is 60.2 Å². The van der Waals surface area contributed by atoms with Gasteiger partial charge in [0.25, 0.3) is 0 Å². The van der Waals surface area contributed by atoms with E-state index in [1.54, 1.807) is 0 Å². The number of carbonyl (C=O) groups is 1. The smallest absolute Gasteiger partial charge is 0.145 e. The van der Waals surface area contributed by atoms with E-state index >= 15 is 0 Å². The van der Waals surface area contributed by atoms with E-state index in [0.29, 0.717) is 0 Å². The molecule has 2 rings (SSSR count). The van der Waals surface area contributed by atoms with Gasteiger partial charge < -0.3 is 9.80 Å². The molecule has 2 aromatic carbocycles. The van der Waals surface area contributed by atoms with E-state index < -0.39 is 0 Å². The predicted octanol–water partition coefficient (Wildman–Crippen LogP) is 4.73. The predicted molar refractivity (Wildman–Crippen MR) is 112 cm³/mol. The highest BCUT2D eigenvalue weighted by Gasteiger charge is 2.20. The summed E-state index contributed by atoms with van der Waals surface area (Å²) in [5, 5.41) is 0. The van der Waals surface area contributed by atoms with Crippen LogP contribution in [0.2, 0.25) is 0 Å². The zero-order chi connectivity index (χ0) is 19.3. The Morgan fingerprint density at radius 3 is 1.50 bits per heavy atom. The zero-order valence-electron chi connectivity index (χ0n) is 16.7. The second-order valence-corrected chi connectivity index (χ2v) is 7.34. The molecule has 0 N–H and O–H groups in total. The number of hydrogen-bond donors (Lipinski definition) is 0. The van der Waals surface area contributed by atoms with E-state index in [0.717, 1.165) is 11.9 Å². The number of carbonyl (C=O) groups excluding carboxylic acids is 1. The minimum absolute atomic E-state index is 0.206. The zero-order valence-corrected chi connectivity index (χ0v) is 16.7. The quantitative estimate of drug-likeness (QED) is 0.533. The Bertz CT molecular complexity index is 691. The Morgan fingerprint density at radius 2 is 1.19 bits per heavy atom. The lowest BCUT2D eigenvalue weighted by atomic mass is 9.80. The Morgan fingerprint density at radius 1 is 0.808 bits per heavy atom. The number of rotatable bonds is 7. The van der Waals surface area contributed by atoms with E-state index in [4.69, 9.17) is 0 Å². The molecule has 0 aliphatic heterocycles. The molecule has 0 bridgehead atoms. The van der Waals surface area contributed by atoms with Crippen molar-refractivity contribution in [3.05, 3.63) is 71.3 Å². The third-order valence-corrected chi connectivity index (χ3v) is 4.77. The van der Waals surface area contributed by atoms with Crippen LogP contribution in [-0.2, 0) is 4.79 Å². The van der Waals surface area contributed by atoms with Gasteiger partial charge in [-0.25, -0.2) is 0 Å². The van der Waals surface area contributed by atoms with Gasteiger partial charge in [0, 0.05) is 45.5 Å². The lowest BCUT2D eigenvalue weighted by molar-refractivity contribution is -0.104. The Hall–Kier alpha value is -2.55. The van der Waals surface area contributed by atoms with Crippen molar-refractivity contribution in [2.75, 3.05) is 38.0 Å². The number of allylic oxidation sites excluding steroid dienone is 2. The first-order valence-electron chi connectivity index (χ1n) is 9.01. The maximum atomic E-state index is 11.1. The molecule has 3 nitrogen and oxygen atoms in total. The van der Waals surface area contributed by atoms with Crippen LogP contribution in [0.4, 0.5) is 11.4 Å². The molecule has 0 saturated heterocycles. The van der Waals surface area contributed by atoms with Crippen molar-refractivity contribution >= 4 is 17.7 Å². The fourth-order valence-corrected chi connectivity index (χ4v) is 3.31. The van der Waals surface area contributed by atoms with Gasteiger partial charge in [-0.15, -0.1) is 0 Å². The molecule has 138 valence electrons. The van der Waals surface area contributed by atoms with Crippen molar-refractivity contribution in [3.8, 4) is 0 Å². The summed E-state index contributed by atoms with van der Waals surface area (Å²) in [6.45, 7) is 4.04. The van der Waals surface area contributed by atoms with Crippen molar-refractivity contribution < 1.29 is 4.79 Å². The van der Waals surface area contributed by atoms with E-state index in [1.165, 1.54) is 22.5 Å². The minimum Gasteiger partial charge on any atom is -0.378 e. The van der Waals surface area contributed by atoms with Crippen molar-refractivity contribution in [1.29, 1.82) is 0 Å². The second-order valence-electron chi connectivity index (χ2n) is 7.34. The average molecular weight is 351 g/mol.